The molecule has 1 N–H and O–H groups in total. The molecule has 3 heterocycles. The summed E-state index contributed by atoms with van der Waals surface area (Å²) in [6.45, 7) is 0.620. The minimum atomic E-state index is -0.530. The van der Waals surface area contributed by atoms with Crippen LogP contribution in [0.25, 0.3) is 11.0 Å². The van der Waals surface area contributed by atoms with Crippen molar-refractivity contribution in [2.45, 2.75) is 18.9 Å². The van der Waals surface area contributed by atoms with Gasteiger partial charge in [0, 0.05) is 12.6 Å². The number of hydrogen-bond donors (Lipinski definition) is 1. The average molecular weight is 339 g/mol. The third-order valence-corrected chi connectivity index (χ3v) is 4.47. The summed E-state index contributed by atoms with van der Waals surface area (Å²) in [5, 5.41) is 0. The Balaban J connectivity index is 1.61. The Labute approximate surface area is 143 Å². The highest BCUT2D eigenvalue weighted by molar-refractivity contribution is 5.96. The monoisotopic (exact) mass is 339 g/mol. The van der Waals surface area contributed by atoms with Gasteiger partial charge < -0.3 is 19.0 Å². The summed E-state index contributed by atoms with van der Waals surface area (Å²) in [6, 6.07) is 9.06. The first-order valence-corrected chi connectivity index (χ1v) is 8.10. The molecule has 0 spiro atoms. The molecule has 2 aromatic heterocycles. The number of rotatable bonds is 3. The fourth-order valence-corrected chi connectivity index (χ4v) is 3.24. The largest absolute Gasteiger partial charge is 0.465 e. The number of methoxy groups -OCH3 is 1. The zero-order valence-electron chi connectivity index (χ0n) is 13.7. The Morgan fingerprint density at radius 2 is 2.20 bits per heavy atom. The van der Waals surface area contributed by atoms with Gasteiger partial charge in [-0.3, -0.25) is 4.79 Å². The highest BCUT2D eigenvalue weighted by Crippen LogP contribution is 2.32. The van der Waals surface area contributed by atoms with Crippen LogP contribution in [0.4, 0.5) is 0 Å². The minimum absolute atomic E-state index is 0.128. The van der Waals surface area contributed by atoms with Gasteiger partial charge in [-0.05, 0) is 25.0 Å². The second-order valence-corrected chi connectivity index (χ2v) is 5.99. The molecular weight excluding hydrogens is 322 g/mol. The van der Waals surface area contributed by atoms with Gasteiger partial charge in [-0.15, -0.1) is 0 Å². The number of nitrogens with one attached hydrogen (secondary N) is 1. The van der Waals surface area contributed by atoms with Crippen LogP contribution in [0, 0.1) is 0 Å². The Bertz CT molecular complexity index is 910. The smallest absolute Gasteiger partial charge is 0.341 e. The number of amides is 1. The molecule has 1 amide bonds. The fourth-order valence-electron chi connectivity index (χ4n) is 3.24. The van der Waals surface area contributed by atoms with Crippen LogP contribution in [-0.4, -0.2) is 40.4 Å². The van der Waals surface area contributed by atoms with Gasteiger partial charge in [-0.1, -0.05) is 12.1 Å². The standard InChI is InChI=1S/C18H17N3O4/c1-24-18(23)11-9-15(25-10-11)17(22)21-8-4-7-14(21)16-19-12-5-2-3-6-13(12)20-16/h2-3,5-6,9-10,14H,4,7-8H2,1H3,(H,19,20). The molecule has 128 valence electrons. The topological polar surface area (TPSA) is 88.4 Å². The number of esters is 1. The molecule has 25 heavy (non-hydrogen) atoms. The number of carbonyl (C=O) groups is 2. The first-order valence-electron chi connectivity index (χ1n) is 8.10. The molecule has 7 heteroatoms. The number of hydrogen-bond acceptors (Lipinski definition) is 5. The first-order chi connectivity index (χ1) is 12.2. The van der Waals surface area contributed by atoms with Gasteiger partial charge >= 0.3 is 5.97 Å². The van der Waals surface area contributed by atoms with Crippen LogP contribution in [0.2, 0.25) is 0 Å². The van der Waals surface area contributed by atoms with Gasteiger partial charge in [0.05, 0.1) is 29.7 Å². The SMILES string of the molecule is COC(=O)c1coc(C(=O)N2CCCC2c2nc3ccccc3[nH]2)c1. The van der Waals surface area contributed by atoms with Crippen LogP contribution in [0.3, 0.4) is 0 Å². The van der Waals surface area contributed by atoms with Crippen molar-refractivity contribution < 1.29 is 18.7 Å². The van der Waals surface area contributed by atoms with Gasteiger partial charge in [0.2, 0.25) is 0 Å². The molecule has 1 fully saturated rings. The summed E-state index contributed by atoms with van der Waals surface area (Å²) >= 11 is 0. The maximum atomic E-state index is 12.8. The molecule has 0 bridgehead atoms. The van der Waals surface area contributed by atoms with Crippen molar-refractivity contribution in [3.63, 3.8) is 0 Å². The Morgan fingerprint density at radius 3 is 3.00 bits per heavy atom. The van der Waals surface area contributed by atoms with Gasteiger partial charge in [0.1, 0.15) is 12.1 Å². The molecule has 7 nitrogen and oxygen atoms in total. The quantitative estimate of drug-likeness (QED) is 0.741. The van der Waals surface area contributed by atoms with Crippen molar-refractivity contribution in [3.05, 3.63) is 53.7 Å². The van der Waals surface area contributed by atoms with Crippen molar-refractivity contribution in [1.29, 1.82) is 0 Å². The van der Waals surface area contributed by atoms with Crippen LogP contribution in [-0.2, 0) is 4.74 Å². The fraction of sp³-hybridized carbons (Fsp3) is 0.278. The first kappa shape index (κ1) is 15.4. The summed E-state index contributed by atoms with van der Waals surface area (Å²) < 4.78 is 9.92. The average Bonchev–Trinajstić information content (AvgIpc) is 3.38. The van der Waals surface area contributed by atoms with Crippen molar-refractivity contribution in [2.24, 2.45) is 0 Å². The summed E-state index contributed by atoms with van der Waals surface area (Å²) in [6.07, 6.45) is 2.96. The maximum absolute atomic E-state index is 12.8. The molecule has 3 aromatic rings. The minimum Gasteiger partial charge on any atom is -0.465 e. The number of carbonyl (C=O) groups excluding carboxylic acids is 2. The van der Waals surface area contributed by atoms with Crippen LogP contribution in [0.15, 0.2) is 41.0 Å². The Hall–Kier alpha value is -3.09. The molecule has 0 saturated carbocycles. The molecule has 1 aliphatic rings. The summed E-state index contributed by atoms with van der Waals surface area (Å²) in [5.74, 6) is 0.117. The van der Waals surface area contributed by atoms with Crippen LogP contribution in [0.1, 0.15) is 45.6 Å². The summed E-state index contributed by atoms with van der Waals surface area (Å²) in [5.41, 5.74) is 2.05. The van der Waals surface area contributed by atoms with Crippen molar-refractivity contribution in [1.82, 2.24) is 14.9 Å². The zero-order valence-corrected chi connectivity index (χ0v) is 13.7. The third kappa shape index (κ3) is 2.67. The highest BCUT2D eigenvalue weighted by Gasteiger charge is 2.34. The lowest BCUT2D eigenvalue weighted by atomic mass is 10.2. The van der Waals surface area contributed by atoms with E-state index in [-0.39, 0.29) is 23.3 Å². The summed E-state index contributed by atoms with van der Waals surface area (Å²) in [4.78, 5) is 34.0. The van der Waals surface area contributed by atoms with Gasteiger partial charge in [0.25, 0.3) is 5.91 Å². The number of imidazole rings is 1. The predicted molar refractivity (Wildman–Crippen MR) is 89.2 cm³/mol. The molecule has 0 aliphatic carbocycles. The maximum Gasteiger partial charge on any atom is 0.341 e. The molecule has 1 saturated heterocycles. The molecule has 4 rings (SSSR count). The number of aromatic amines is 1. The zero-order chi connectivity index (χ0) is 17.4. The van der Waals surface area contributed by atoms with E-state index in [0.29, 0.717) is 6.54 Å². The number of aromatic nitrogens is 2. The van der Waals surface area contributed by atoms with Gasteiger partial charge in [0.15, 0.2) is 5.76 Å². The normalized spacial score (nSPS) is 17.2. The van der Waals surface area contributed by atoms with E-state index >= 15 is 0 Å². The number of para-hydroxylation sites is 2. The number of benzene rings is 1. The lowest BCUT2D eigenvalue weighted by Crippen LogP contribution is -2.30. The van der Waals surface area contributed by atoms with Crippen LogP contribution in [0.5, 0.6) is 0 Å². The molecule has 1 unspecified atom stereocenters. The molecular formula is C18H17N3O4. The number of nitrogens with zero attached hydrogens (tertiary/aromatic N) is 2. The van der Waals surface area contributed by atoms with Gasteiger partial charge in [-0.2, -0.15) is 0 Å². The van der Waals surface area contributed by atoms with E-state index in [4.69, 9.17) is 4.42 Å². The number of H-pyrrole nitrogens is 1. The molecule has 1 aromatic carbocycles. The van der Waals surface area contributed by atoms with E-state index in [9.17, 15) is 9.59 Å². The second kappa shape index (κ2) is 6.08. The molecule has 1 atom stereocenters. The number of furan rings is 1. The van der Waals surface area contributed by atoms with E-state index < -0.39 is 5.97 Å². The van der Waals surface area contributed by atoms with E-state index in [1.807, 2.05) is 24.3 Å². The van der Waals surface area contributed by atoms with E-state index in [2.05, 4.69) is 14.7 Å². The lowest BCUT2D eigenvalue weighted by molar-refractivity contribution is 0.0599. The molecule has 1 aliphatic heterocycles. The van der Waals surface area contributed by atoms with Crippen molar-refractivity contribution in [3.8, 4) is 0 Å². The lowest BCUT2D eigenvalue weighted by Gasteiger charge is -2.21. The van der Waals surface area contributed by atoms with E-state index in [1.165, 1.54) is 19.4 Å². The van der Waals surface area contributed by atoms with Crippen molar-refractivity contribution >= 4 is 22.9 Å². The predicted octanol–water partition coefficient (Wildman–Crippen LogP) is 2.92. The second-order valence-electron chi connectivity index (χ2n) is 5.99. The van der Waals surface area contributed by atoms with E-state index in [1.54, 1.807) is 4.90 Å². The number of fused-ring (bicyclic) bond motifs is 1. The van der Waals surface area contributed by atoms with Crippen LogP contribution < -0.4 is 0 Å². The van der Waals surface area contributed by atoms with Crippen LogP contribution >= 0.6 is 0 Å². The Kier molecular flexibility index (Phi) is 3.76. The van der Waals surface area contributed by atoms with E-state index in [0.717, 1.165) is 29.7 Å². The number of ether oxygens (including phenoxy) is 1. The highest BCUT2D eigenvalue weighted by atomic mass is 16.5. The molecule has 0 radical (unpaired) electrons. The third-order valence-electron chi connectivity index (χ3n) is 4.47. The summed E-state index contributed by atoms with van der Waals surface area (Å²) in [7, 11) is 1.29. The van der Waals surface area contributed by atoms with Gasteiger partial charge in [-0.25, -0.2) is 9.78 Å². The Morgan fingerprint density at radius 1 is 1.36 bits per heavy atom. The van der Waals surface area contributed by atoms with Crippen molar-refractivity contribution in [2.75, 3.05) is 13.7 Å². The number of likely N-dealkylation sites (tertiary alicyclic amines) is 1.